The highest BCUT2D eigenvalue weighted by Crippen LogP contribution is 2.13. The van der Waals surface area contributed by atoms with Crippen molar-refractivity contribution in [2.24, 2.45) is 0 Å². The third kappa shape index (κ3) is 18.2. The van der Waals surface area contributed by atoms with E-state index in [1.165, 1.54) is 75.7 Å². The third-order valence-electron chi connectivity index (χ3n) is 4.83. The molecule has 3 nitrogen and oxygen atoms in total. The maximum atomic E-state index is 9.94. The highest BCUT2D eigenvalue weighted by atomic mass is 16.5. The molecule has 0 fully saturated rings. The van der Waals surface area contributed by atoms with Crippen molar-refractivity contribution in [2.75, 3.05) is 13.1 Å². The Labute approximate surface area is 151 Å². The number of aliphatic hydroxyl groups is 1. The Balaban J connectivity index is 3.23. The quantitative estimate of drug-likeness (QED) is 0.213. The summed E-state index contributed by atoms with van der Waals surface area (Å²) in [7, 11) is 0. The first-order chi connectivity index (χ1) is 11.7. The standard InChI is InChI=1S/C21H45NO2/c1-3-5-7-8-9-10-11-12-13-14-15-16-18-21(23)20-22(24)19-17-6-4-2/h21,23-24H,3-20H2,1-2H3. The number of hydrogen-bond donors (Lipinski definition) is 2. The van der Waals surface area contributed by atoms with Gasteiger partial charge in [0.1, 0.15) is 0 Å². The summed E-state index contributed by atoms with van der Waals surface area (Å²) in [5, 5.41) is 20.9. The zero-order valence-electron chi connectivity index (χ0n) is 16.6. The number of hydroxylamine groups is 2. The van der Waals surface area contributed by atoms with E-state index in [2.05, 4.69) is 13.8 Å². The molecule has 0 heterocycles. The molecule has 0 saturated heterocycles. The number of hydrogen-bond acceptors (Lipinski definition) is 3. The van der Waals surface area contributed by atoms with Crippen molar-refractivity contribution in [1.82, 2.24) is 5.06 Å². The Morgan fingerprint density at radius 1 is 0.625 bits per heavy atom. The van der Waals surface area contributed by atoms with Crippen LogP contribution in [0.4, 0.5) is 0 Å². The Morgan fingerprint density at radius 2 is 1.04 bits per heavy atom. The van der Waals surface area contributed by atoms with Crippen LogP contribution in [-0.2, 0) is 0 Å². The molecule has 0 amide bonds. The first kappa shape index (κ1) is 23.9. The van der Waals surface area contributed by atoms with Crippen LogP contribution in [0.3, 0.4) is 0 Å². The molecule has 1 unspecified atom stereocenters. The van der Waals surface area contributed by atoms with Crippen molar-refractivity contribution >= 4 is 0 Å². The normalized spacial score (nSPS) is 12.9. The minimum atomic E-state index is -0.375. The molecule has 0 aliphatic carbocycles. The molecule has 3 heteroatoms. The van der Waals surface area contributed by atoms with Gasteiger partial charge in [0, 0.05) is 13.1 Å². The van der Waals surface area contributed by atoms with E-state index >= 15 is 0 Å². The lowest BCUT2D eigenvalue weighted by atomic mass is 10.0. The smallest absolute Gasteiger partial charge is 0.0690 e. The Hall–Kier alpha value is -0.120. The van der Waals surface area contributed by atoms with Crippen LogP contribution in [0.2, 0.25) is 0 Å². The molecule has 0 aliphatic heterocycles. The first-order valence-electron chi connectivity index (χ1n) is 10.8. The number of aliphatic hydroxyl groups excluding tert-OH is 1. The Bertz CT molecular complexity index is 236. The first-order valence-corrected chi connectivity index (χ1v) is 10.8. The van der Waals surface area contributed by atoms with Gasteiger partial charge >= 0.3 is 0 Å². The van der Waals surface area contributed by atoms with Gasteiger partial charge in [-0.2, -0.15) is 5.06 Å². The lowest BCUT2D eigenvalue weighted by Crippen LogP contribution is -2.30. The summed E-state index contributed by atoms with van der Waals surface area (Å²) < 4.78 is 0. The molecule has 0 aromatic carbocycles. The van der Waals surface area contributed by atoms with Gasteiger partial charge in [0.15, 0.2) is 0 Å². The molecule has 0 spiro atoms. The summed E-state index contributed by atoms with van der Waals surface area (Å²) in [4.78, 5) is 0. The molecule has 0 aliphatic rings. The zero-order chi connectivity index (χ0) is 17.9. The van der Waals surface area contributed by atoms with Gasteiger partial charge in [-0.05, 0) is 12.8 Å². The zero-order valence-corrected chi connectivity index (χ0v) is 16.6. The van der Waals surface area contributed by atoms with Gasteiger partial charge in [0.2, 0.25) is 0 Å². The molecule has 0 radical (unpaired) electrons. The highest BCUT2D eigenvalue weighted by molar-refractivity contribution is 4.59. The van der Waals surface area contributed by atoms with Crippen LogP contribution in [0.15, 0.2) is 0 Å². The largest absolute Gasteiger partial charge is 0.392 e. The third-order valence-corrected chi connectivity index (χ3v) is 4.83. The van der Waals surface area contributed by atoms with Crippen LogP contribution in [0.25, 0.3) is 0 Å². The summed E-state index contributed by atoms with van der Waals surface area (Å²) >= 11 is 0. The van der Waals surface area contributed by atoms with E-state index in [0.717, 1.165) is 32.1 Å². The van der Waals surface area contributed by atoms with Crippen molar-refractivity contribution in [3.8, 4) is 0 Å². The molecule has 0 saturated carbocycles. The molecule has 0 bridgehead atoms. The van der Waals surface area contributed by atoms with E-state index in [-0.39, 0.29) is 6.10 Å². The predicted octanol–water partition coefficient (Wildman–Crippen LogP) is 6.32. The van der Waals surface area contributed by atoms with Crippen molar-refractivity contribution in [1.29, 1.82) is 0 Å². The van der Waals surface area contributed by atoms with Crippen LogP contribution in [0, 0.1) is 0 Å². The molecular weight excluding hydrogens is 298 g/mol. The van der Waals surface area contributed by atoms with E-state index in [1.807, 2.05) is 0 Å². The van der Waals surface area contributed by atoms with Crippen molar-refractivity contribution < 1.29 is 10.3 Å². The maximum absolute atomic E-state index is 9.94. The average Bonchev–Trinajstić information content (AvgIpc) is 2.56. The van der Waals surface area contributed by atoms with Crippen molar-refractivity contribution in [3.63, 3.8) is 0 Å². The number of unbranched alkanes of at least 4 members (excludes halogenated alkanes) is 13. The summed E-state index contributed by atoms with van der Waals surface area (Å²) in [6.45, 7) is 5.52. The second-order valence-corrected chi connectivity index (χ2v) is 7.45. The molecule has 24 heavy (non-hydrogen) atoms. The topological polar surface area (TPSA) is 43.7 Å². The molecule has 1 atom stereocenters. The molecule has 0 aromatic heterocycles. The van der Waals surface area contributed by atoms with Crippen LogP contribution >= 0.6 is 0 Å². The maximum Gasteiger partial charge on any atom is 0.0690 e. The highest BCUT2D eigenvalue weighted by Gasteiger charge is 2.08. The molecule has 2 N–H and O–H groups in total. The van der Waals surface area contributed by atoms with Crippen LogP contribution in [0.5, 0.6) is 0 Å². The van der Waals surface area contributed by atoms with E-state index in [4.69, 9.17) is 0 Å². The molecular formula is C21H45NO2. The molecule has 146 valence electrons. The molecule has 0 aromatic rings. The van der Waals surface area contributed by atoms with E-state index in [1.54, 1.807) is 0 Å². The number of nitrogens with zero attached hydrogens (tertiary/aromatic N) is 1. The van der Waals surface area contributed by atoms with Gasteiger partial charge in [-0.1, -0.05) is 104 Å². The summed E-state index contributed by atoms with van der Waals surface area (Å²) in [6.07, 6.45) is 19.9. The van der Waals surface area contributed by atoms with Gasteiger partial charge in [-0.15, -0.1) is 0 Å². The van der Waals surface area contributed by atoms with E-state index in [0.29, 0.717) is 13.1 Å². The lowest BCUT2D eigenvalue weighted by Gasteiger charge is -2.18. The Kier molecular flexibility index (Phi) is 19.1. The summed E-state index contributed by atoms with van der Waals surface area (Å²) in [5.41, 5.74) is 0. The van der Waals surface area contributed by atoms with Gasteiger partial charge < -0.3 is 10.3 Å². The Morgan fingerprint density at radius 3 is 1.54 bits per heavy atom. The fraction of sp³-hybridized carbons (Fsp3) is 1.00. The average molecular weight is 344 g/mol. The van der Waals surface area contributed by atoms with Gasteiger partial charge in [0.25, 0.3) is 0 Å². The summed E-state index contributed by atoms with van der Waals surface area (Å²) in [6, 6.07) is 0. The minimum absolute atomic E-state index is 0.375. The second-order valence-electron chi connectivity index (χ2n) is 7.45. The van der Waals surface area contributed by atoms with Crippen LogP contribution in [0.1, 0.15) is 117 Å². The van der Waals surface area contributed by atoms with Crippen molar-refractivity contribution in [2.45, 2.75) is 123 Å². The second kappa shape index (κ2) is 19.2. The van der Waals surface area contributed by atoms with E-state index < -0.39 is 0 Å². The van der Waals surface area contributed by atoms with E-state index in [9.17, 15) is 10.3 Å². The minimum Gasteiger partial charge on any atom is -0.392 e. The molecule has 0 rings (SSSR count). The fourth-order valence-corrected chi connectivity index (χ4v) is 3.19. The predicted molar refractivity (Wildman–Crippen MR) is 105 cm³/mol. The van der Waals surface area contributed by atoms with Crippen LogP contribution < -0.4 is 0 Å². The lowest BCUT2D eigenvalue weighted by molar-refractivity contribution is -0.114. The SMILES string of the molecule is CCCCCCCCCCCCCCC(O)CN(O)CCCCC. The van der Waals surface area contributed by atoms with Crippen LogP contribution in [-0.4, -0.2) is 34.6 Å². The monoisotopic (exact) mass is 343 g/mol. The van der Waals surface area contributed by atoms with Crippen molar-refractivity contribution in [3.05, 3.63) is 0 Å². The van der Waals surface area contributed by atoms with Gasteiger partial charge in [0.05, 0.1) is 6.10 Å². The summed E-state index contributed by atoms with van der Waals surface area (Å²) in [5.74, 6) is 0. The fourth-order valence-electron chi connectivity index (χ4n) is 3.19. The van der Waals surface area contributed by atoms with Gasteiger partial charge in [-0.25, -0.2) is 0 Å². The van der Waals surface area contributed by atoms with Gasteiger partial charge in [-0.3, -0.25) is 0 Å². The number of rotatable bonds is 19.